The van der Waals surface area contributed by atoms with Crippen LogP contribution in [0.3, 0.4) is 0 Å². The minimum absolute atomic E-state index is 0. The van der Waals surface area contributed by atoms with Crippen molar-refractivity contribution < 1.29 is 0 Å². The molecule has 9 heteroatoms. The maximum atomic E-state index is 6.29. The summed E-state index contributed by atoms with van der Waals surface area (Å²) in [5, 5.41) is 7.62. The highest BCUT2D eigenvalue weighted by molar-refractivity contribution is 14.0. The number of aliphatic imine (C=N–C) groups is 1. The maximum absolute atomic E-state index is 6.29. The number of hydrogen-bond acceptors (Lipinski definition) is 4. The summed E-state index contributed by atoms with van der Waals surface area (Å²) in [6.45, 7) is 8.60. The van der Waals surface area contributed by atoms with Crippen molar-refractivity contribution in [3.05, 3.63) is 41.6 Å². The number of hydrogen-bond donors (Lipinski definition) is 2. The first-order chi connectivity index (χ1) is 13.7. The van der Waals surface area contributed by atoms with Crippen LogP contribution in [-0.4, -0.2) is 52.7 Å². The van der Waals surface area contributed by atoms with Gasteiger partial charge in [0, 0.05) is 57.4 Å². The number of halogens is 2. The van der Waals surface area contributed by atoms with Gasteiger partial charge in [-0.2, -0.15) is 0 Å². The summed E-state index contributed by atoms with van der Waals surface area (Å²) in [6.07, 6.45) is 8.85. The molecule has 1 aliphatic rings. The molecule has 1 fully saturated rings. The second-order valence-electron chi connectivity index (χ2n) is 7.02. The third-order valence-electron chi connectivity index (χ3n) is 4.91. The summed E-state index contributed by atoms with van der Waals surface area (Å²) < 4.78 is 2.18. The van der Waals surface area contributed by atoms with E-state index in [0.29, 0.717) is 11.1 Å². The van der Waals surface area contributed by atoms with Gasteiger partial charge in [0.05, 0.1) is 5.02 Å². The van der Waals surface area contributed by atoms with Crippen LogP contribution in [0.15, 0.2) is 35.7 Å². The number of rotatable bonds is 8. The van der Waals surface area contributed by atoms with Crippen LogP contribution in [0.1, 0.15) is 32.0 Å². The zero-order chi connectivity index (χ0) is 19.8. The van der Waals surface area contributed by atoms with Crippen LogP contribution in [0.2, 0.25) is 5.02 Å². The molecule has 0 bridgehead atoms. The summed E-state index contributed by atoms with van der Waals surface area (Å²) in [5.74, 6) is 2.82. The summed E-state index contributed by atoms with van der Waals surface area (Å²) >= 11 is 6.29. The van der Waals surface area contributed by atoms with Gasteiger partial charge in [-0.1, -0.05) is 11.6 Å². The molecule has 1 aliphatic heterocycles. The van der Waals surface area contributed by atoms with Gasteiger partial charge in [-0.15, -0.1) is 24.0 Å². The summed E-state index contributed by atoms with van der Waals surface area (Å²) in [7, 11) is 0. The fourth-order valence-corrected chi connectivity index (χ4v) is 3.66. The lowest BCUT2D eigenvalue weighted by molar-refractivity contribution is 0.597. The Labute approximate surface area is 195 Å². The molecular formula is C20H31ClIN7. The lowest BCUT2D eigenvalue weighted by Gasteiger charge is -2.20. The van der Waals surface area contributed by atoms with Crippen molar-refractivity contribution >= 4 is 47.4 Å². The Balaban J connectivity index is 0.00000300. The predicted octanol–water partition coefficient (Wildman–Crippen LogP) is 3.47. The number of unbranched alkanes of at least 4 members (excludes halogenated alkanes) is 1. The van der Waals surface area contributed by atoms with E-state index in [4.69, 9.17) is 16.6 Å². The van der Waals surface area contributed by atoms with Crippen molar-refractivity contribution in [3.63, 3.8) is 0 Å². The van der Waals surface area contributed by atoms with Gasteiger partial charge in [-0.05, 0) is 45.2 Å². The lowest BCUT2D eigenvalue weighted by atomic mass is 10.3. The topological polar surface area (TPSA) is 70.4 Å². The minimum atomic E-state index is 0. The van der Waals surface area contributed by atoms with Crippen LogP contribution in [0.5, 0.6) is 0 Å². The molecule has 1 unspecified atom stereocenters. The van der Waals surface area contributed by atoms with Gasteiger partial charge in [0.2, 0.25) is 0 Å². The largest absolute Gasteiger partial charge is 0.357 e. The number of imidazole rings is 1. The first-order valence-electron chi connectivity index (χ1n) is 10.1. The van der Waals surface area contributed by atoms with Gasteiger partial charge in [0.15, 0.2) is 5.96 Å². The lowest BCUT2D eigenvalue weighted by Crippen LogP contribution is -2.44. The van der Waals surface area contributed by atoms with Crippen molar-refractivity contribution in [2.75, 3.05) is 31.1 Å². The fourth-order valence-electron chi connectivity index (χ4n) is 3.42. The van der Waals surface area contributed by atoms with Gasteiger partial charge in [-0.25, -0.2) is 9.97 Å². The molecule has 2 N–H and O–H groups in total. The molecule has 0 spiro atoms. The molecule has 0 saturated carbocycles. The van der Waals surface area contributed by atoms with Crippen LogP contribution in [0.25, 0.3) is 0 Å². The Morgan fingerprint density at radius 2 is 2.17 bits per heavy atom. The van der Waals surface area contributed by atoms with E-state index in [0.717, 1.165) is 69.6 Å². The highest BCUT2D eigenvalue weighted by atomic mass is 127. The molecule has 0 aromatic carbocycles. The molecule has 3 rings (SSSR count). The second kappa shape index (κ2) is 12.2. The zero-order valence-electron chi connectivity index (χ0n) is 17.1. The predicted molar refractivity (Wildman–Crippen MR) is 131 cm³/mol. The van der Waals surface area contributed by atoms with E-state index < -0.39 is 0 Å². The SMILES string of the molecule is CCNC(=NCCCCn1ccnc1C)NC1CCN(c2ncccc2Cl)C1.I. The van der Waals surface area contributed by atoms with Crippen LogP contribution in [0, 0.1) is 6.92 Å². The third kappa shape index (κ3) is 7.02. The Morgan fingerprint density at radius 1 is 1.31 bits per heavy atom. The molecule has 1 atom stereocenters. The van der Waals surface area contributed by atoms with E-state index in [1.165, 1.54) is 0 Å². The molecule has 29 heavy (non-hydrogen) atoms. The van der Waals surface area contributed by atoms with Crippen molar-refractivity contribution in [2.45, 2.75) is 45.7 Å². The normalized spacial score (nSPS) is 16.6. The molecule has 3 heterocycles. The van der Waals surface area contributed by atoms with E-state index >= 15 is 0 Å². The van der Waals surface area contributed by atoms with Crippen LogP contribution in [-0.2, 0) is 6.54 Å². The number of nitrogens with one attached hydrogen (secondary N) is 2. The Hall–Kier alpha value is -1.55. The molecule has 160 valence electrons. The first kappa shape index (κ1) is 23.7. The number of aryl methyl sites for hydroxylation is 2. The van der Waals surface area contributed by atoms with E-state index in [9.17, 15) is 0 Å². The van der Waals surface area contributed by atoms with E-state index in [-0.39, 0.29) is 24.0 Å². The number of pyridine rings is 1. The van der Waals surface area contributed by atoms with Crippen molar-refractivity contribution in [1.82, 2.24) is 25.2 Å². The van der Waals surface area contributed by atoms with Crippen LogP contribution >= 0.6 is 35.6 Å². The molecule has 0 aliphatic carbocycles. The minimum Gasteiger partial charge on any atom is -0.357 e. The fraction of sp³-hybridized carbons (Fsp3) is 0.550. The molecular weight excluding hydrogens is 501 g/mol. The van der Waals surface area contributed by atoms with E-state index in [1.54, 1.807) is 6.20 Å². The zero-order valence-corrected chi connectivity index (χ0v) is 20.2. The first-order valence-corrected chi connectivity index (χ1v) is 10.4. The van der Waals surface area contributed by atoms with Gasteiger partial charge < -0.3 is 20.1 Å². The maximum Gasteiger partial charge on any atom is 0.191 e. The quantitative estimate of drug-likeness (QED) is 0.236. The average Bonchev–Trinajstić information content (AvgIpc) is 3.31. The van der Waals surface area contributed by atoms with Gasteiger partial charge in [0.1, 0.15) is 11.6 Å². The second-order valence-corrected chi connectivity index (χ2v) is 7.43. The highest BCUT2D eigenvalue weighted by Crippen LogP contribution is 2.25. The molecule has 2 aromatic heterocycles. The Morgan fingerprint density at radius 3 is 2.90 bits per heavy atom. The molecule has 0 radical (unpaired) electrons. The van der Waals surface area contributed by atoms with Crippen LogP contribution in [0.4, 0.5) is 5.82 Å². The van der Waals surface area contributed by atoms with Crippen LogP contribution < -0.4 is 15.5 Å². The monoisotopic (exact) mass is 531 g/mol. The molecule has 1 saturated heterocycles. The summed E-state index contributed by atoms with van der Waals surface area (Å²) in [6, 6.07) is 4.09. The molecule has 2 aromatic rings. The smallest absolute Gasteiger partial charge is 0.191 e. The third-order valence-corrected chi connectivity index (χ3v) is 5.21. The summed E-state index contributed by atoms with van der Waals surface area (Å²) in [4.78, 5) is 15.7. The number of aromatic nitrogens is 3. The van der Waals surface area contributed by atoms with Gasteiger partial charge in [0.25, 0.3) is 0 Å². The van der Waals surface area contributed by atoms with Gasteiger partial charge >= 0.3 is 0 Å². The van der Waals surface area contributed by atoms with E-state index in [2.05, 4.69) is 37.0 Å². The van der Waals surface area contributed by atoms with E-state index in [1.807, 2.05) is 31.5 Å². The Kier molecular flexibility index (Phi) is 9.99. The molecule has 7 nitrogen and oxygen atoms in total. The molecule has 0 amide bonds. The highest BCUT2D eigenvalue weighted by Gasteiger charge is 2.25. The number of anilines is 1. The number of nitrogens with zero attached hydrogens (tertiary/aromatic N) is 5. The summed E-state index contributed by atoms with van der Waals surface area (Å²) in [5.41, 5.74) is 0. The standard InChI is InChI=1S/C20H30ClN7.HI/c1-3-22-20(25-9-4-5-12-27-14-11-23-16(27)2)26-17-8-13-28(15-17)19-18(21)7-6-10-24-19;/h6-7,10-11,14,17H,3-5,8-9,12-13,15H2,1-2H3,(H2,22,25,26);1H. The van der Waals surface area contributed by atoms with Crippen molar-refractivity contribution in [1.29, 1.82) is 0 Å². The Bertz CT molecular complexity index is 780. The van der Waals surface area contributed by atoms with Gasteiger partial charge in [-0.3, -0.25) is 4.99 Å². The number of guanidine groups is 1. The van der Waals surface area contributed by atoms with Crippen molar-refractivity contribution in [3.8, 4) is 0 Å². The average molecular weight is 532 g/mol. The van der Waals surface area contributed by atoms with Crippen molar-refractivity contribution in [2.24, 2.45) is 4.99 Å².